The van der Waals surface area contributed by atoms with Crippen molar-refractivity contribution in [3.05, 3.63) is 0 Å². The molecule has 2 aliphatic rings. The molecule has 1 heterocycles. The molecule has 2 fully saturated rings. The molecule has 1 saturated heterocycles. The molecule has 1 unspecified atom stereocenters. The van der Waals surface area contributed by atoms with E-state index in [-0.39, 0.29) is 5.25 Å². The zero-order valence-corrected chi connectivity index (χ0v) is 9.35. The number of nitrogens with one attached hydrogen (secondary N) is 1. The van der Waals surface area contributed by atoms with Gasteiger partial charge in [-0.1, -0.05) is 0 Å². The van der Waals surface area contributed by atoms with Gasteiger partial charge in [-0.05, 0) is 51.1 Å². The molecule has 14 heavy (non-hydrogen) atoms. The second kappa shape index (κ2) is 4.19. The number of hydrogen-bond acceptors (Lipinski definition) is 3. The molecule has 0 bridgehead atoms. The van der Waals surface area contributed by atoms with Gasteiger partial charge >= 0.3 is 0 Å². The lowest BCUT2D eigenvalue weighted by molar-refractivity contribution is 0.563. The van der Waals surface area contributed by atoms with Gasteiger partial charge in [0, 0.05) is 0 Å². The predicted octanol–water partition coefficient (Wildman–Crippen LogP) is 0.953. The first-order chi connectivity index (χ1) is 6.68. The van der Waals surface area contributed by atoms with Crippen molar-refractivity contribution in [1.82, 2.24) is 5.32 Å². The Morgan fingerprint density at radius 3 is 2.57 bits per heavy atom. The normalized spacial score (nSPS) is 29.9. The summed E-state index contributed by atoms with van der Waals surface area (Å²) in [5, 5.41) is 3.20. The van der Waals surface area contributed by atoms with E-state index in [1.54, 1.807) is 0 Å². The van der Waals surface area contributed by atoms with Crippen LogP contribution in [0, 0.1) is 5.92 Å². The van der Waals surface area contributed by atoms with E-state index in [2.05, 4.69) is 5.32 Å². The monoisotopic (exact) mass is 217 g/mol. The Morgan fingerprint density at radius 1 is 1.07 bits per heavy atom. The minimum atomic E-state index is -2.78. The van der Waals surface area contributed by atoms with Gasteiger partial charge in [-0.25, -0.2) is 8.42 Å². The van der Waals surface area contributed by atoms with E-state index in [4.69, 9.17) is 0 Å². The highest BCUT2D eigenvalue weighted by Crippen LogP contribution is 2.32. The Balaban J connectivity index is 1.95. The standard InChI is InChI=1S/C10H19NO2S/c12-14(13,8-9-3-4-9)10-2-1-6-11-7-5-10/h9-11H,1-8H2. The van der Waals surface area contributed by atoms with E-state index in [1.165, 1.54) is 0 Å². The highest BCUT2D eigenvalue weighted by Gasteiger charge is 2.33. The number of sulfone groups is 1. The summed E-state index contributed by atoms with van der Waals surface area (Å²) in [7, 11) is -2.78. The van der Waals surface area contributed by atoms with E-state index < -0.39 is 9.84 Å². The first kappa shape index (κ1) is 10.4. The molecule has 4 heteroatoms. The molecule has 1 aliphatic carbocycles. The van der Waals surface area contributed by atoms with Crippen molar-refractivity contribution in [2.45, 2.75) is 37.4 Å². The third-order valence-electron chi connectivity index (χ3n) is 3.20. The Labute approximate surface area is 86.2 Å². The molecule has 2 rings (SSSR count). The first-order valence-electron chi connectivity index (χ1n) is 5.61. The van der Waals surface area contributed by atoms with Gasteiger partial charge in [0.2, 0.25) is 0 Å². The van der Waals surface area contributed by atoms with E-state index in [9.17, 15) is 8.42 Å². The lowest BCUT2D eigenvalue weighted by atomic mass is 10.2. The van der Waals surface area contributed by atoms with Crippen molar-refractivity contribution in [3.63, 3.8) is 0 Å². The van der Waals surface area contributed by atoms with Crippen LogP contribution in [0.15, 0.2) is 0 Å². The molecular weight excluding hydrogens is 198 g/mol. The van der Waals surface area contributed by atoms with Crippen LogP contribution >= 0.6 is 0 Å². The fraction of sp³-hybridized carbons (Fsp3) is 1.00. The lowest BCUT2D eigenvalue weighted by Crippen LogP contribution is -2.26. The average molecular weight is 217 g/mol. The van der Waals surface area contributed by atoms with Crippen molar-refractivity contribution in [2.75, 3.05) is 18.8 Å². The van der Waals surface area contributed by atoms with Crippen LogP contribution in [0.25, 0.3) is 0 Å². The second-order valence-corrected chi connectivity index (χ2v) is 6.90. The fourth-order valence-electron chi connectivity index (χ4n) is 2.10. The van der Waals surface area contributed by atoms with E-state index in [1.807, 2.05) is 0 Å². The van der Waals surface area contributed by atoms with Crippen LogP contribution in [0.2, 0.25) is 0 Å². The number of rotatable bonds is 3. The summed E-state index contributed by atoms with van der Waals surface area (Å²) in [6.45, 7) is 1.85. The molecular formula is C10H19NO2S. The van der Waals surface area contributed by atoms with Crippen molar-refractivity contribution in [1.29, 1.82) is 0 Å². The molecule has 82 valence electrons. The highest BCUT2D eigenvalue weighted by molar-refractivity contribution is 7.92. The summed E-state index contributed by atoms with van der Waals surface area (Å²) in [6, 6.07) is 0. The van der Waals surface area contributed by atoms with Gasteiger partial charge in [0.25, 0.3) is 0 Å². The minimum absolute atomic E-state index is 0.0573. The maximum atomic E-state index is 12.0. The zero-order chi connectivity index (χ0) is 10.0. The molecule has 0 aromatic rings. The van der Waals surface area contributed by atoms with Gasteiger partial charge in [0.15, 0.2) is 9.84 Å². The van der Waals surface area contributed by atoms with Crippen molar-refractivity contribution < 1.29 is 8.42 Å². The first-order valence-corrected chi connectivity index (χ1v) is 7.32. The molecule has 1 atom stereocenters. The average Bonchev–Trinajstić information content (AvgIpc) is 2.88. The Kier molecular flexibility index (Phi) is 3.12. The Hall–Kier alpha value is -0.0900. The molecule has 1 aliphatic heterocycles. The smallest absolute Gasteiger partial charge is 0.153 e. The quantitative estimate of drug-likeness (QED) is 0.765. The SMILES string of the molecule is O=S(=O)(CC1CC1)C1CCCNCC1. The summed E-state index contributed by atoms with van der Waals surface area (Å²) >= 11 is 0. The van der Waals surface area contributed by atoms with Gasteiger partial charge in [-0.15, -0.1) is 0 Å². The lowest BCUT2D eigenvalue weighted by Gasteiger charge is -2.14. The van der Waals surface area contributed by atoms with E-state index in [0.717, 1.165) is 45.2 Å². The van der Waals surface area contributed by atoms with Crippen molar-refractivity contribution in [2.24, 2.45) is 5.92 Å². The van der Waals surface area contributed by atoms with Crippen LogP contribution in [-0.4, -0.2) is 32.5 Å². The largest absolute Gasteiger partial charge is 0.317 e. The summed E-state index contributed by atoms with van der Waals surface area (Å²) in [4.78, 5) is 0. The van der Waals surface area contributed by atoms with E-state index >= 15 is 0 Å². The molecule has 0 radical (unpaired) electrons. The molecule has 0 amide bonds. The van der Waals surface area contributed by atoms with Crippen LogP contribution in [-0.2, 0) is 9.84 Å². The van der Waals surface area contributed by atoms with Crippen LogP contribution in [0.1, 0.15) is 32.1 Å². The van der Waals surface area contributed by atoms with Gasteiger partial charge in [0.1, 0.15) is 0 Å². The molecule has 3 nitrogen and oxygen atoms in total. The van der Waals surface area contributed by atoms with Crippen LogP contribution < -0.4 is 5.32 Å². The van der Waals surface area contributed by atoms with Crippen LogP contribution in [0.5, 0.6) is 0 Å². The van der Waals surface area contributed by atoms with E-state index in [0.29, 0.717) is 11.7 Å². The minimum Gasteiger partial charge on any atom is -0.317 e. The number of hydrogen-bond donors (Lipinski definition) is 1. The third kappa shape index (κ3) is 2.70. The van der Waals surface area contributed by atoms with Gasteiger partial charge in [0.05, 0.1) is 11.0 Å². The topological polar surface area (TPSA) is 46.2 Å². The Morgan fingerprint density at radius 2 is 1.86 bits per heavy atom. The predicted molar refractivity (Wildman–Crippen MR) is 57.0 cm³/mol. The zero-order valence-electron chi connectivity index (χ0n) is 8.54. The van der Waals surface area contributed by atoms with Crippen LogP contribution in [0.4, 0.5) is 0 Å². The van der Waals surface area contributed by atoms with Gasteiger partial charge in [-0.3, -0.25) is 0 Å². The fourth-order valence-corrected chi connectivity index (χ4v) is 4.36. The van der Waals surface area contributed by atoms with Gasteiger partial charge in [-0.2, -0.15) is 0 Å². The maximum absolute atomic E-state index is 12.0. The summed E-state index contributed by atoms with van der Waals surface area (Å²) in [5.74, 6) is 0.953. The molecule has 0 aromatic carbocycles. The van der Waals surface area contributed by atoms with Crippen molar-refractivity contribution >= 4 is 9.84 Å². The molecule has 1 saturated carbocycles. The molecule has 0 aromatic heterocycles. The maximum Gasteiger partial charge on any atom is 0.153 e. The van der Waals surface area contributed by atoms with Crippen molar-refractivity contribution in [3.8, 4) is 0 Å². The van der Waals surface area contributed by atoms with Gasteiger partial charge < -0.3 is 5.32 Å². The summed E-state index contributed by atoms with van der Waals surface area (Å²) in [6.07, 6.45) is 4.94. The molecule has 1 N–H and O–H groups in total. The third-order valence-corrected chi connectivity index (χ3v) is 5.62. The van der Waals surface area contributed by atoms with Crippen LogP contribution in [0.3, 0.4) is 0 Å². The highest BCUT2D eigenvalue weighted by atomic mass is 32.2. The second-order valence-electron chi connectivity index (χ2n) is 4.58. The summed E-state index contributed by atoms with van der Waals surface area (Å²) < 4.78 is 23.9. The molecule has 0 spiro atoms. The Bertz CT molecular complexity index is 274. The summed E-state index contributed by atoms with van der Waals surface area (Å²) in [5.41, 5.74) is 0.